The predicted octanol–water partition coefficient (Wildman–Crippen LogP) is 1.70. The van der Waals surface area contributed by atoms with Crippen LogP contribution in [0.3, 0.4) is 0 Å². The van der Waals surface area contributed by atoms with Gasteiger partial charge in [0.05, 0.1) is 10.7 Å². The molecule has 23 heavy (non-hydrogen) atoms. The quantitative estimate of drug-likeness (QED) is 0.771. The normalized spacial score (nSPS) is 23.5. The molecule has 6 nitrogen and oxygen atoms in total. The molecule has 1 aromatic rings. The summed E-state index contributed by atoms with van der Waals surface area (Å²) >= 11 is 1.81. The average molecular weight is 338 g/mol. The molecule has 1 aliphatic carbocycles. The number of hydrogen-bond acceptors (Lipinski definition) is 5. The minimum Gasteiger partial charge on any atom is -0.479 e. The molecule has 2 aliphatic rings. The van der Waals surface area contributed by atoms with E-state index in [1.165, 1.54) is 23.4 Å². The fourth-order valence-corrected chi connectivity index (χ4v) is 4.29. The van der Waals surface area contributed by atoms with E-state index in [0.29, 0.717) is 19.4 Å². The molecule has 1 aliphatic heterocycles. The number of carbonyl (C=O) groups excluding carboxylic acids is 1. The summed E-state index contributed by atoms with van der Waals surface area (Å²) in [6.07, 6.45) is 5.90. The van der Waals surface area contributed by atoms with E-state index >= 15 is 0 Å². The van der Waals surface area contributed by atoms with Crippen LogP contribution >= 0.6 is 11.3 Å². The minimum atomic E-state index is -0.993. The highest BCUT2D eigenvalue weighted by Gasteiger charge is 2.34. The highest BCUT2D eigenvalue weighted by molar-refractivity contribution is 7.11. The first-order valence-electron chi connectivity index (χ1n) is 8.27. The molecule has 2 atom stereocenters. The van der Waals surface area contributed by atoms with Crippen molar-refractivity contribution in [2.45, 2.75) is 63.6 Å². The van der Waals surface area contributed by atoms with Crippen molar-refractivity contribution >= 4 is 23.2 Å². The lowest BCUT2D eigenvalue weighted by atomic mass is 10.0. The Labute approximate surface area is 139 Å². The van der Waals surface area contributed by atoms with Crippen molar-refractivity contribution in [3.05, 3.63) is 15.6 Å². The Kier molecular flexibility index (Phi) is 5.27. The van der Waals surface area contributed by atoms with E-state index in [4.69, 9.17) is 14.8 Å². The number of amides is 1. The van der Waals surface area contributed by atoms with Crippen LogP contribution < -0.4 is 5.32 Å². The average Bonchev–Trinajstić information content (AvgIpc) is 3.17. The Hall–Kier alpha value is -1.47. The second-order valence-electron chi connectivity index (χ2n) is 6.11. The van der Waals surface area contributed by atoms with E-state index in [-0.39, 0.29) is 5.91 Å². The predicted molar refractivity (Wildman–Crippen MR) is 85.6 cm³/mol. The van der Waals surface area contributed by atoms with Crippen molar-refractivity contribution in [3.8, 4) is 0 Å². The minimum absolute atomic E-state index is 0.202. The van der Waals surface area contributed by atoms with Crippen molar-refractivity contribution in [1.29, 1.82) is 0 Å². The first-order chi connectivity index (χ1) is 11.1. The van der Waals surface area contributed by atoms with Gasteiger partial charge in [-0.3, -0.25) is 4.79 Å². The zero-order valence-corrected chi connectivity index (χ0v) is 13.9. The molecule has 0 bridgehead atoms. The van der Waals surface area contributed by atoms with Crippen molar-refractivity contribution in [2.24, 2.45) is 0 Å². The lowest BCUT2D eigenvalue weighted by Gasteiger charge is -2.11. The summed E-state index contributed by atoms with van der Waals surface area (Å²) in [7, 11) is 0. The highest BCUT2D eigenvalue weighted by atomic mass is 32.1. The summed E-state index contributed by atoms with van der Waals surface area (Å²) in [6, 6.07) is 0. The molecule has 126 valence electrons. The van der Waals surface area contributed by atoms with Gasteiger partial charge in [0.25, 0.3) is 0 Å². The Bertz CT molecular complexity index is 563. The van der Waals surface area contributed by atoms with Crippen LogP contribution in [0.25, 0.3) is 0 Å². The van der Waals surface area contributed by atoms with Crippen LogP contribution in [0, 0.1) is 0 Å². The summed E-state index contributed by atoms with van der Waals surface area (Å²) in [5.41, 5.74) is 1.28. The van der Waals surface area contributed by atoms with Crippen molar-refractivity contribution in [1.82, 2.24) is 10.3 Å². The monoisotopic (exact) mass is 338 g/mol. The molecule has 0 unspecified atom stereocenters. The smallest absolute Gasteiger partial charge is 0.332 e. The maximum absolute atomic E-state index is 11.9. The van der Waals surface area contributed by atoms with E-state index in [1.54, 1.807) is 0 Å². The van der Waals surface area contributed by atoms with Gasteiger partial charge in [-0.2, -0.15) is 0 Å². The van der Waals surface area contributed by atoms with Gasteiger partial charge in [0.1, 0.15) is 6.10 Å². The van der Waals surface area contributed by atoms with Crippen LogP contribution in [0.15, 0.2) is 0 Å². The third-order valence-electron chi connectivity index (χ3n) is 4.34. The van der Waals surface area contributed by atoms with Gasteiger partial charge in [0.2, 0.25) is 5.91 Å². The fourth-order valence-electron chi connectivity index (χ4n) is 3.09. The number of rotatable bonds is 6. The first-order valence-corrected chi connectivity index (χ1v) is 9.08. The van der Waals surface area contributed by atoms with E-state index in [2.05, 4.69) is 5.32 Å². The van der Waals surface area contributed by atoms with Gasteiger partial charge < -0.3 is 15.2 Å². The van der Waals surface area contributed by atoms with Gasteiger partial charge in [-0.15, -0.1) is 11.3 Å². The second kappa shape index (κ2) is 7.40. The number of aliphatic carboxylic acids is 1. The van der Waals surface area contributed by atoms with Crippen molar-refractivity contribution in [2.75, 3.05) is 6.54 Å². The Balaban J connectivity index is 1.37. The standard InChI is InChI=1S/C16H22N2O4S/c19-15(11-7-8-12(22-11)16(20)21)17-9-3-6-14-18-10-4-1-2-5-13(10)23-14/h11-12H,1-9H2,(H,17,19)(H,20,21)/t11-,12+/m0/s1. The zero-order chi connectivity index (χ0) is 16.2. The Morgan fingerprint density at radius 3 is 2.78 bits per heavy atom. The van der Waals surface area contributed by atoms with Crippen LogP contribution in [0.4, 0.5) is 0 Å². The van der Waals surface area contributed by atoms with Crippen molar-refractivity contribution in [3.63, 3.8) is 0 Å². The van der Waals surface area contributed by atoms with E-state index in [1.807, 2.05) is 11.3 Å². The maximum Gasteiger partial charge on any atom is 0.332 e. The van der Waals surface area contributed by atoms with Crippen molar-refractivity contribution < 1.29 is 19.4 Å². The second-order valence-corrected chi connectivity index (χ2v) is 7.28. The third kappa shape index (κ3) is 4.09. The summed E-state index contributed by atoms with van der Waals surface area (Å²) in [5.74, 6) is -1.19. The number of hydrogen-bond donors (Lipinski definition) is 2. The summed E-state index contributed by atoms with van der Waals surface area (Å²) in [6.45, 7) is 0.570. The Morgan fingerprint density at radius 1 is 1.26 bits per heavy atom. The Morgan fingerprint density at radius 2 is 2.04 bits per heavy atom. The number of carbonyl (C=O) groups is 2. The molecular weight excluding hydrogens is 316 g/mol. The molecule has 7 heteroatoms. The summed E-state index contributed by atoms with van der Waals surface area (Å²) < 4.78 is 5.23. The maximum atomic E-state index is 11.9. The number of aryl methyl sites for hydroxylation is 3. The molecule has 1 aromatic heterocycles. The molecule has 0 spiro atoms. The molecule has 0 saturated carbocycles. The summed E-state index contributed by atoms with van der Waals surface area (Å²) in [4.78, 5) is 28.9. The summed E-state index contributed by atoms with van der Waals surface area (Å²) in [5, 5.41) is 12.9. The lowest BCUT2D eigenvalue weighted by Crippen LogP contribution is -2.36. The van der Waals surface area contributed by atoms with Crippen LogP contribution in [-0.4, -0.2) is 40.7 Å². The molecule has 1 amide bonds. The van der Waals surface area contributed by atoms with E-state index in [9.17, 15) is 9.59 Å². The largest absolute Gasteiger partial charge is 0.479 e. The van der Waals surface area contributed by atoms with Gasteiger partial charge in [-0.1, -0.05) is 0 Å². The highest BCUT2D eigenvalue weighted by Crippen LogP contribution is 2.27. The number of nitrogens with one attached hydrogen (secondary N) is 1. The molecule has 1 saturated heterocycles. The van der Waals surface area contributed by atoms with E-state index in [0.717, 1.165) is 30.7 Å². The van der Waals surface area contributed by atoms with Gasteiger partial charge in [-0.05, 0) is 44.9 Å². The van der Waals surface area contributed by atoms with Gasteiger partial charge in [0, 0.05) is 17.8 Å². The number of carboxylic acids is 1. The molecule has 1 fully saturated rings. The molecule has 2 N–H and O–H groups in total. The topological polar surface area (TPSA) is 88.5 Å². The number of aromatic nitrogens is 1. The third-order valence-corrected chi connectivity index (χ3v) is 5.56. The molecule has 3 rings (SSSR count). The molecule has 0 aromatic carbocycles. The molecular formula is C16H22N2O4S. The number of fused-ring (bicyclic) bond motifs is 1. The fraction of sp³-hybridized carbons (Fsp3) is 0.688. The molecule has 2 heterocycles. The number of thiazole rings is 1. The van der Waals surface area contributed by atoms with E-state index < -0.39 is 18.2 Å². The van der Waals surface area contributed by atoms with Crippen LogP contribution in [0.1, 0.15) is 47.7 Å². The number of nitrogens with zero attached hydrogens (tertiary/aromatic N) is 1. The SMILES string of the molecule is O=C(NCCCc1nc2c(s1)CCCC2)[C@@H]1CC[C@H](C(=O)O)O1. The molecule has 0 radical (unpaired) electrons. The zero-order valence-electron chi connectivity index (χ0n) is 13.0. The van der Waals surface area contributed by atoms with Crippen LogP contribution in [0.5, 0.6) is 0 Å². The van der Waals surface area contributed by atoms with Crippen LogP contribution in [-0.2, 0) is 33.6 Å². The number of carboxylic acid groups (broad SMARTS) is 1. The van der Waals surface area contributed by atoms with Gasteiger partial charge in [-0.25, -0.2) is 9.78 Å². The van der Waals surface area contributed by atoms with Gasteiger partial charge >= 0.3 is 5.97 Å². The first kappa shape index (κ1) is 16.4. The van der Waals surface area contributed by atoms with Crippen LogP contribution in [0.2, 0.25) is 0 Å². The van der Waals surface area contributed by atoms with Gasteiger partial charge in [0.15, 0.2) is 6.10 Å². The number of ether oxygens (including phenoxy) is 1. The lowest BCUT2D eigenvalue weighted by molar-refractivity contribution is -0.151.